The second kappa shape index (κ2) is 7.24. The Labute approximate surface area is 88.1 Å². The SMILES string of the molecule is CCC(CO)NCC1CCCCCC1. The quantitative estimate of drug-likeness (QED) is 0.666. The van der Waals surface area contributed by atoms with Crippen LogP contribution in [-0.4, -0.2) is 24.3 Å². The Bertz CT molecular complexity index is 126. The molecule has 0 amide bonds. The number of aliphatic hydroxyl groups is 1. The van der Waals surface area contributed by atoms with E-state index in [2.05, 4.69) is 12.2 Å². The molecule has 0 spiro atoms. The molecule has 0 heterocycles. The Morgan fingerprint density at radius 3 is 2.36 bits per heavy atom. The predicted molar refractivity (Wildman–Crippen MR) is 60.4 cm³/mol. The molecule has 0 aromatic rings. The molecule has 1 aliphatic carbocycles. The van der Waals surface area contributed by atoms with Crippen LogP contribution in [0.5, 0.6) is 0 Å². The minimum absolute atomic E-state index is 0.281. The van der Waals surface area contributed by atoms with Gasteiger partial charge in [0.2, 0.25) is 0 Å². The van der Waals surface area contributed by atoms with Gasteiger partial charge in [-0.3, -0.25) is 0 Å². The average Bonchev–Trinajstić information content (AvgIpc) is 2.48. The van der Waals surface area contributed by atoms with Gasteiger partial charge < -0.3 is 10.4 Å². The molecule has 2 nitrogen and oxygen atoms in total. The van der Waals surface area contributed by atoms with E-state index in [1.54, 1.807) is 0 Å². The van der Waals surface area contributed by atoms with Crippen LogP contribution >= 0.6 is 0 Å². The molecule has 1 unspecified atom stereocenters. The van der Waals surface area contributed by atoms with Gasteiger partial charge in [-0.25, -0.2) is 0 Å². The van der Waals surface area contributed by atoms with E-state index in [9.17, 15) is 0 Å². The first kappa shape index (κ1) is 12.0. The number of hydrogen-bond acceptors (Lipinski definition) is 2. The van der Waals surface area contributed by atoms with Crippen molar-refractivity contribution >= 4 is 0 Å². The minimum Gasteiger partial charge on any atom is -0.395 e. The molecule has 1 rings (SSSR count). The van der Waals surface area contributed by atoms with Crippen molar-refractivity contribution in [3.63, 3.8) is 0 Å². The third-order valence-electron chi connectivity index (χ3n) is 3.38. The van der Waals surface area contributed by atoms with Crippen LogP contribution in [0.2, 0.25) is 0 Å². The molecule has 0 radical (unpaired) electrons. The summed E-state index contributed by atoms with van der Waals surface area (Å²) in [5.41, 5.74) is 0. The van der Waals surface area contributed by atoms with E-state index in [0.717, 1.165) is 18.9 Å². The fourth-order valence-corrected chi connectivity index (χ4v) is 2.24. The van der Waals surface area contributed by atoms with E-state index in [1.165, 1.54) is 38.5 Å². The van der Waals surface area contributed by atoms with E-state index >= 15 is 0 Å². The zero-order valence-corrected chi connectivity index (χ0v) is 9.47. The summed E-state index contributed by atoms with van der Waals surface area (Å²) in [4.78, 5) is 0. The molecule has 1 saturated carbocycles. The summed E-state index contributed by atoms with van der Waals surface area (Å²) in [7, 11) is 0. The first-order chi connectivity index (χ1) is 6.86. The number of nitrogens with one attached hydrogen (secondary N) is 1. The smallest absolute Gasteiger partial charge is 0.0584 e. The summed E-state index contributed by atoms with van der Waals surface area (Å²) in [6, 6.07) is 0.318. The van der Waals surface area contributed by atoms with Gasteiger partial charge in [-0.15, -0.1) is 0 Å². The third kappa shape index (κ3) is 4.43. The molecular formula is C12H25NO. The molecule has 1 fully saturated rings. The van der Waals surface area contributed by atoms with E-state index < -0.39 is 0 Å². The van der Waals surface area contributed by atoms with Crippen LogP contribution < -0.4 is 5.32 Å². The van der Waals surface area contributed by atoms with Crippen molar-refractivity contribution < 1.29 is 5.11 Å². The standard InChI is InChI=1S/C12H25NO/c1-2-12(10-14)13-9-11-7-5-3-4-6-8-11/h11-14H,2-10H2,1H3. The molecule has 1 aliphatic rings. The Hall–Kier alpha value is -0.0800. The van der Waals surface area contributed by atoms with Crippen LogP contribution in [-0.2, 0) is 0 Å². The van der Waals surface area contributed by atoms with Crippen molar-refractivity contribution in [2.24, 2.45) is 5.92 Å². The van der Waals surface area contributed by atoms with Crippen LogP contribution in [0.15, 0.2) is 0 Å². The van der Waals surface area contributed by atoms with Crippen LogP contribution in [0.3, 0.4) is 0 Å². The van der Waals surface area contributed by atoms with E-state index in [1.807, 2.05) is 0 Å². The summed E-state index contributed by atoms with van der Waals surface area (Å²) in [6.07, 6.45) is 9.46. The average molecular weight is 199 g/mol. The lowest BCUT2D eigenvalue weighted by Crippen LogP contribution is -2.35. The highest BCUT2D eigenvalue weighted by Crippen LogP contribution is 2.22. The highest BCUT2D eigenvalue weighted by Gasteiger charge is 2.13. The van der Waals surface area contributed by atoms with E-state index in [-0.39, 0.29) is 6.61 Å². The van der Waals surface area contributed by atoms with Crippen LogP contribution in [0.25, 0.3) is 0 Å². The van der Waals surface area contributed by atoms with Crippen molar-refractivity contribution in [3.8, 4) is 0 Å². The second-order valence-corrected chi connectivity index (χ2v) is 4.55. The molecule has 0 bridgehead atoms. The maximum Gasteiger partial charge on any atom is 0.0584 e. The largest absolute Gasteiger partial charge is 0.395 e. The van der Waals surface area contributed by atoms with Crippen LogP contribution in [0, 0.1) is 5.92 Å². The van der Waals surface area contributed by atoms with E-state index in [0.29, 0.717) is 6.04 Å². The van der Waals surface area contributed by atoms with Gasteiger partial charge >= 0.3 is 0 Å². The van der Waals surface area contributed by atoms with Crippen molar-refractivity contribution in [2.75, 3.05) is 13.2 Å². The maximum atomic E-state index is 9.05. The van der Waals surface area contributed by atoms with Crippen LogP contribution in [0.4, 0.5) is 0 Å². The Kier molecular flexibility index (Phi) is 6.20. The zero-order valence-electron chi connectivity index (χ0n) is 9.47. The predicted octanol–water partition coefficient (Wildman–Crippen LogP) is 2.32. The molecule has 84 valence electrons. The molecule has 1 atom stereocenters. The lowest BCUT2D eigenvalue weighted by atomic mass is 10.00. The molecule has 0 aromatic carbocycles. The summed E-state index contributed by atoms with van der Waals surface area (Å²) in [6.45, 7) is 3.52. The van der Waals surface area contributed by atoms with Gasteiger partial charge in [0.25, 0.3) is 0 Å². The summed E-state index contributed by atoms with van der Waals surface area (Å²) in [5.74, 6) is 0.859. The molecule has 14 heavy (non-hydrogen) atoms. The Balaban J connectivity index is 2.14. The Morgan fingerprint density at radius 1 is 1.21 bits per heavy atom. The normalized spacial score (nSPS) is 21.9. The maximum absolute atomic E-state index is 9.05. The molecule has 0 aliphatic heterocycles. The van der Waals surface area contributed by atoms with Crippen molar-refractivity contribution in [1.82, 2.24) is 5.32 Å². The molecule has 2 heteroatoms. The highest BCUT2D eigenvalue weighted by molar-refractivity contribution is 4.70. The molecular weight excluding hydrogens is 174 g/mol. The summed E-state index contributed by atoms with van der Waals surface area (Å²) < 4.78 is 0. The fourth-order valence-electron chi connectivity index (χ4n) is 2.24. The fraction of sp³-hybridized carbons (Fsp3) is 1.00. The highest BCUT2D eigenvalue weighted by atomic mass is 16.3. The van der Waals surface area contributed by atoms with Gasteiger partial charge in [0.15, 0.2) is 0 Å². The van der Waals surface area contributed by atoms with E-state index in [4.69, 9.17) is 5.11 Å². The summed E-state index contributed by atoms with van der Waals surface area (Å²) in [5, 5.41) is 12.5. The van der Waals surface area contributed by atoms with Gasteiger partial charge in [-0.05, 0) is 31.7 Å². The van der Waals surface area contributed by atoms with Crippen molar-refractivity contribution in [3.05, 3.63) is 0 Å². The van der Waals surface area contributed by atoms with Gasteiger partial charge in [-0.2, -0.15) is 0 Å². The molecule has 0 saturated heterocycles. The lowest BCUT2D eigenvalue weighted by molar-refractivity contribution is 0.231. The minimum atomic E-state index is 0.281. The van der Waals surface area contributed by atoms with Gasteiger partial charge in [-0.1, -0.05) is 32.6 Å². The first-order valence-electron chi connectivity index (χ1n) is 6.21. The Morgan fingerprint density at radius 2 is 1.86 bits per heavy atom. The molecule has 2 N–H and O–H groups in total. The van der Waals surface area contributed by atoms with Gasteiger partial charge in [0, 0.05) is 6.04 Å². The van der Waals surface area contributed by atoms with Gasteiger partial charge in [0.05, 0.1) is 6.61 Å². The monoisotopic (exact) mass is 199 g/mol. The number of aliphatic hydroxyl groups excluding tert-OH is 1. The second-order valence-electron chi connectivity index (χ2n) is 4.55. The van der Waals surface area contributed by atoms with Crippen molar-refractivity contribution in [1.29, 1.82) is 0 Å². The zero-order chi connectivity index (χ0) is 10.2. The van der Waals surface area contributed by atoms with Gasteiger partial charge in [0.1, 0.15) is 0 Å². The molecule has 0 aromatic heterocycles. The third-order valence-corrected chi connectivity index (χ3v) is 3.38. The number of rotatable bonds is 5. The number of hydrogen-bond donors (Lipinski definition) is 2. The van der Waals surface area contributed by atoms with Crippen molar-refractivity contribution in [2.45, 2.75) is 57.9 Å². The topological polar surface area (TPSA) is 32.3 Å². The summed E-state index contributed by atoms with van der Waals surface area (Å²) >= 11 is 0. The lowest BCUT2D eigenvalue weighted by Gasteiger charge is -2.19. The first-order valence-corrected chi connectivity index (χ1v) is 6.21. The van der Waals surface area contributed by atoms with Crippen LogP contribution in [0.1, 0.15) is 51.9 Å².